The highest BCUT2D eigenvalue weighted by atomic mass is 16.7. The molecule has 1 atom stereocenters. The first-order chi connectivity index (χ1) is 9.80. The van der Waals surface area contributed by atoms with Crippen molar-refractivity contribution in [2.24, 2.45) is 10.4 Å². The van der Waals surface area contributed by atoms with E-state index >= 15 is 0 Å². The van der Waals surface area contributed by atoms with E-state index < -0.39 is 0 Å². The van der Waals surface area contributed by atoms with Crippen molar-refractivity contribution >= 4 is 6.21 Å². The second kappa shape index (κ2) is 4.92. The van der Waals surface area contributed by atoms with Crippen LogP contribution in [0.1, 0.15) is 56.2 Å². The van der Waals surface area contributed by atoms with Gasteiger partial charge in [0.15, 0.2) is 6.29 Å². The van der Waals surface area contributed by atoms with E-state index in [1.807, 2.05) is 6.21 Å². The molecule has 3 nitrogen and oxygen atoms in total. The molecule has 0 amide bonds. The molecule has 3 rings (SSSR count). The van der Waals surface area contributed by atoms with Gasteiger partial charge in [-0.05, 0) is 49.9 Å². The van der Waals surface area contributed by atoms with Crippen molar-refractivity contribution in [3.63, 3.8) is 0 Å². The summed E-state index contributed by atoms with van der Waals surface area (Å²) in [7, 11) is 0. The van der Waals surface area contributed by atoms with E-state index in [-0.39, 0.29) is 17.3 Å². The van der Waals surface area contributed by atoms with Crippen LogP contribution in [-0.2, 0) is 15.9 Å². The van der Waals surface area contributed by atoms with Crippen molar-refractivity contribution < 1.29 is 9.47 Å². The molecule has 0 spiro atoms. The molecule has 2 aliphatic rings. The van der Waals surface area contributed by atoms with Gasteiger partial charge in [-0.15, -0.1) is 0 Å². The van der Waals surface area contributed by atoms with E-state index in [0.717, 1.165) is 18.5 Å². The zero-order valence-electron chi connectivity index (χ0n) is 13.7. The van der Waals surface area contributed by atoms with Crippen molar-refractivity contribution in [3.05, 3.63) is 34.4 Å². The minimum atomic E-state index is -0.285. The van der Waals surface area contributed by atoms with Crippen LogP contribution in [0, 0.1) is 12.3 Å². The summed E-state index contributed by atoms with van der Waals surface area (Å²) in [5.41, 5.74) is 4.82. The summed E-state index contributed by atoms with van der Waals surface area (Å²) in [4.78, 5) is 4.39. The van der Waals surface area contributed by atoms with Crippen LogP contribution in [0.2, 0.25) is 0 Å². The number of benzene rings is 1. The molecule has 3 heteroatoms. The van der Waals surface area contributed by atoms with Crippen LogP contribution in [0.25, 0.3) is 0 Å². The Morgan fingerprint density at radius 1 is 1.19 bits per heavy atom. The molecule has 1 aromatic carbocycles. The highest BCUT2D eigenvalue weighted by Gasteiger charge is 2.45. The molecule has 0 N–H and O–H groups in total. The average molecular weight is 287 g/mol. The van der Waals surface area contributed by atoms with Crippen molar-refractivity contribution in [2.45, 2.75) is 52.9 Å². The van der Waals surface area contributed by atoms with E-state index in [1.165, 1.54) is 16.7 Å². The molecule has 1 unspecified atom stereocenters. The second-order valence-electron chi connectivity index (χ2n) is 7.35. The first kappa shape index (κ1) is 14.7. The Morgan fingerprint density at radius 2 is 1.95 bits per heavy atom. The van der Waals surface area contributed by atoms with Crippen LogP contribution in [0.15, 0.2) is 17.1 Å². The van der Waals surface area contributed by atoms with Gasteiger partial charge in [-0.1, -0.05) is 19.9 Å². The number of aliphatic imine (C=N–C) groups is 1. The minimum absolute atomic E-state index is 0.00815. The molecule has 2 heterocycles. The summed E-state index contributed by atoms with van der Waals surface area (Å²) in [5.74, 6) is 0. The normalized spacial score (nSPS) is 26.4. The van der Waals surface area contributed by atoms with Gasteiger partial charge in [0, 0.05) is 23.7 Å². The van der Waals surface area contributed by atoms with Gasteiger partial charge in [0.25, 0.3) is 0 Å². The van der Waals surface area contributed by atoms with Crippen LogP contribution in [0.5, 0.6) is 0 Å². The van der Waals surface area contributed by atoms with Gasteiger partial charge in [0.1, 0.15) is 0 Å². The summed E-state index contributed by atoms with van der Waals surface area (Å²) >= 11 is 0. The van der Waals surface area contributed by atoms with Crippen LogP contribution < -0.4 is 0 Å². The van der Waals surface area contributed by atoms with Gasteiger partial charge in [0.05, 0.1) is 12.2 Å². The number of aryl methyl sites for hydroxylation is 1. The standard InChI is InChI=1S/C18H25NO2/c1-12-8-13(9-14-10-19-7-6-15(12)14)16-20-11-17(2,3)18(4,5)21-16/h8-10,16H,6-7,11H2,1-5H3. The Kier molecular flexibility index (Phi) is 3.45. The molecule has 0 bridgehead atoms. The predicted molar refractivity (Wildman–Crippen MR) is 85.0 cm³/mol. The Balaban J connectivity index is 1.92. The number of ether oxygens (including phenoxy) is 2. The lowest BCUT2D eigenvalue weighted by atomic mass is 9.77. The van der Waals surface area contributed by atoms with Crippen LogP contribution in [-0.4, -0.2) is 25.0 Å². The monoisotopic (exact) mass is 287 g/mol. The zero-order chi connectivity index (χ0) is 15.3. The zero-order valence-corrected chi connectivity index (χ0v) is 13.7. The lowest BCUT2D eigenvalue weighted by Crippen LogP contribution is -2.50. The van der Waals surface area contributed by atoms with E-state index in [2.05, 4.69) is 51.7 Å². The smallest absolute Gasteiger partial charge is 0.184 e. The molecule has 114 valence electrons. The highest BCUT2D eigenvalue weighted by Crippen LogP contribution is 2.43. The summed E-state index contributed by atoms with van der Waals surface area (Å²) in [6.45, 7) is 12.4. The fourth-order valence-corrected chi connectivity index (χ4v) is 2.89. The molecule has 2 aliphatic heterocycles. The lowest BCUT2D eigenvalue weighted by molar-refractivity contribution is -0.300. The predicted octanol–water partition coefficient (Wildman–Crippen LogP) is 3.82. The summed E-state index contributed by atoms with van der Waals surface area (Å²) in [6, 6.07) is 4.38. The summed E-state index contributed by atoms with van der Waals surface area (Å²) < 4.78 is 12.2. The molecule has 21 heavy (non-hydrogen) atoms. The molecule has 0 aromatic heterocycles. The first-order valence-electron chi connectivity index (χ1n) is 7.73. The van der Waals surface area contributed by atoms with E-state index in [9.17, 15) is 0 Å². The van der Waals surface area contributed by atoms with Gasteiger partial charge in [-0.3, -0.25) is 4.99 Å². The number of hydrogen-bond donors (Lipinski definition) is 0. The summed E-state index contributed by atoms with van der Waals surface area (Å²) in [5, 5.41) is 0. The van der Waals surface area contributed by atoms with Gasteiger partial charge >= 0.3 is 0 Å². The maximum atomic E-state index is 6.25. The molecule has 1 fully saturated rings. The van der Waals surface area contributed by atoms with Crippen molar-refractivity contribution in [1.29, 1.82) is 0 Å². The van der Waals surface area contributed by atoms with Gasteiger partial charge in [0.2, 0.25) is 0 Å². The third kappa shape index (κ3) is 2.53. The molecular weight excluding hydrogens is 262 g/mol. The number of hydrogen-bond acceptors (Lipinski definition) is 3. The fourth-order valence-electron chi connectivity index (χ4n) is 2.89. The Bertz CT molecular complexity index is 587. The summed E-state index contributed by atoms with van der Waals surface area (Å²) in [6.07, 6.45) is 2.73. The molecule has 1 aromatic rings. The highest BCUT2D eigenvalue weighted by molar-refractivity contribution is 5.83. The van der Waals surface area contributed by atoms with Crippen molar-refractivity contribution in [1.82, 2.24) is 0 Å². The number of fused-ring (bicyclic) bond motifs is 1. The maximum Gasteiger partial charge on any atom is 0.184 e. The molecular formula is C18H25NO2. The van der Waals surface area contributed by atoms with Gasteiger partial charge in [-0.2, -0.15) is 0 Å². The quantitative estimate of drug-likeness (QED) is 0.786. The third-order valence-electron chi connectivity index (χ3n) is 5.15. The minimum Gasteiger partial charge on any atom is -0.348 e. The average Bonchev–Trinajstić information content (AvgIpc) is 2.42. The topological polar surface area (TPSA) is 30.8 Å². The van der Waals surface area contributed by atoms with Crippen LogP contribution in [0.4, 0.5) is 0 Å². The number of rotatable bonds is 1. The van der Waals surface area contributed by atoms with Crippen molar-refractivity contribution in [2.75, 3.05) is 13.2 Å². The number of nitrogens with zero attached hydrogens (tertiary/aromatic N) is 1. The van der Waals surface area contributed by atoms with E-state index in [0.29, 0.717) is 6.61 Å². The van der Waals surface area contributed by atoms with Crippen molar-refractivity contribution in [3.8, 4) is 0 Å². The SMILES string of the molecule is Cc1cc(C2OCC(C)(C)C(C)(C)O2)cc2c1CCN=C2. The largest absolute Gasteiger partial charge is 0.348 e. The van der Waals surface area contributed by atoms with Crippen LogP contribution >= 0.6 is 0 Å². The Morgan fingerprint density at radius 3 is 2.67 bits per heavy atom. The third-order valence-corrected chi connectivity index (χ3v) is 5.15. The molecule has 1 saturated heterocycles. The lowest BCUT2D eigenvalue weighted by Gasteiger charge is -2.48. The maximum absolute atomic E-state index is 6.25. The van der Waals surface area contributed by atoms with E-state index in [1.54, 1.807) is 0 Å². The first-order valence-corrected chi connectivity index (χ1v) is 7.73. The van der Waals surface area contributed by atoms with Gasteiger partial charge in [-0.25, -0.2) is 0 Å². The Labute approximate surface area is 127 Å². The molecule has 0 aliphatic carbocycles. The fraction of sp³-hybridized carbons (Fsp3) is 0.611. The van der Waals surface area contributed by atoms with E-state index in [4.69, 9.17) is 9.47 Å². The Hall–Kier alpha value is -1.19. The van der Waals surface area contributed by atoms with Crippen LogP contribution in [0.3, 0.4) is 0 Å². The second-order valence-corrected chi connectivity index (χ2v) is 7.35. The molecule has 0 saturated carbocycles. The van der Waals surface area contributed by atoms with Gasteiger partial charge < -0.3 is 9.47 Å². The molecule has 0 radical (unpaired) electrons.